The zero-order valence-electron chi connectivity index (χ0n) is 14.7. The van der Waals surface area contributed by atoms with Gasteiger partial charge in [-0.25, -0.2) is 13.2 Å². The highest BCUT2D eigenvalue weighted by Crippen LogP contribution is 2.36. The first-order chi connectivity index (χ1) is 12.6. The van der Waals surface area contributed by atoms with Gasteiger partial charge in [0, 0.05) is 5.88 Å². The minimum absolute atomic E-state index is 0.163. The van der Waals surface area contributed by atoms with Crippen molar-refractivity contribution >= 4 is 11.6 Å². The van der Waals surface area contributed by atoms with Crippen LogP contribution < -0.4 is 4.74 Å². The summed E-state index contributed by atoms with van der Waals surface area (Å²) in [7, 11) is 0. The molecule has 5 heteroatoms. The van der Waals surface area contributed by atoms with Gasteiger partial charge >= 0.3 is 0 Å². The van der Waals surface area contributed by atoms with Gasteiger partial charge in [0.05, 0.1) is 17.7 Å². The third kappa shape index (κ3) is 5.94. The van der Waals surface area contributed by atoms with Crippen molar-refractivity contribution in [2.75, 3.05) is 12.5 Å². The zero-order valence-corrected chi connectivity index (χ0v) is 15.5. The molecule has 2 aromatic rings. The Morgan fingerprint density at radius 3 is 1.77 bits per heavy atom. The van der Waals surface area contributed by atoms with Gasteiger partial charge in [-0.1, -0.05) is 44.2 Å². The molecule has 0 aliphatic heterocycles. The summed E-state index contributed by atoms with van der Waals surface area (Å²) in [5.74, 6) is -1.44. The van der Waals surface area contributed by atoms with E-state index in [-0.39, 0.29) is 16.9 Å². The van der Waals surface area contributed by atoms with E-state index in [1.165, 1.54) is 30.7 Å². The molecule has 26 heavy (non-hydrogen) atoms. The molecule has 0 spiro atoms. The molecule has 0 fully saturated rings. The Balaban J connectivity index is 1.92. The molecule has 0 radical (unpaired) electrons. The van der Waals surface area contributed by atoms with E-state index in [1.54, 1.807) is 0 Å². The van der Waals surface area contributed by atoms with E-state index >= 15 is 0 Å². The summed E-state index contributed by atoms with van der Waals surface area (Å²) < 4.78 is 48.0. The second-order valence-corrected chi connectivity index (χ2v) is 6.60. The van der Waals surface area contributed by atoms with Gasteiger partial charge in [0.25, 0.3) is 0 Å². The number of benzene rings is 2. The van der Waals surface area contributed by atoms with Gasteiger partial charge < -0.3 is 4.74 Å². The van der Waals surface area contributed by atoms with Crippen molar-refractivity contribution in [3.8, 4) is 16.9 Å². The third-order valence-corrected chi connectivity index (χ3v) is 4.49. The first kappa shape index (κ1) is 20.6. The van der Waals surface area contributed by atoms with Crippen LogP contribution in [0.3, 0.4) is 0 Å². The molecule has 2 aromatic carbocycles. The first-order valence-electron chi connectivity index (χ1n) is 9.07. The van der Waals surface area contributed by atoms with E-state index < -0.39 is 17.5 Å². The van der Waals surface area contributed by atoms with E-state index in [1.807, 2.05) is 0 Å². The Bertz CT molecular complexity index is 671. The fraction of sp³-hybridized carbons (Fsp3) is 0.429. The highest BCUT2D eigenvalue weighted by molar-refractivity contribution is 6.17. The average Bonchev–Trinajstić information content (AvgIpc) is 2.62. The Morgan fingerprint density at radius 2 is 1.15 bits per heavy atom. The van der Waals surface area contributed by atoms with Crippen molar-refractivity contribution in [1.82, 2.24) is 0 Å². The lowest BCUT2D eigenvalue weighted by atomic mass is 10.0. The standard InChI is InChI=1S/C21H24ClF3O/c22-14-6-4-2-1-3-5-7-15-26-19-13-9-12-18(25)21(19)20-16(23)10-8-11-17(20)24/h8-13H,1-7,14-15H2. The fourth-order valence-electron chi connectivity index (χ4n) is 2.87. The summed E-state index contributed by atoms with van der Waals surface area (Å²) >= 11 is 5.64. The monoisotopic (exact) mass is 384 g/mol. The summed E-state index contributed by atoms with van der Waals surface area (Å²) in [6, 6.07) is 7.66. The van der Waals surface area contributed by atoms with Crippen LogP contribution in [0.5, 0.6) is 5.75 Å². The lowest BCUT2D eigenvalue weighted by Gasteiger charge is -2.14. The Labute approximate surface area is 158 Å². The quantitative estimate of drug-likeness (QED) is 0.296. The minimum Gasteiger partial charge on any atom is -0.493 e. The topological polar surface area (TPSA) is 9.23 Å². The predicted molar refractivity (Wildman–Crippen MR) is 100 cm³/mol. The molecule has 1 nitrogen and oxygen atoms in total. The maximum absolute atomic E-state index is 14.3. The lowest BCUT2D eigenvalue weighted by Crippen LogP contribution is -2.02. The number of rotatable bonds is 11. The molecule has 0 aliphatic carbocycles. The summed E-state index contributed by atoms with van der Waals surface area (Å²) in [5.41, 5.74) is -0.552. The van der Waals surface area contributed by atoms with Crippen LogP contribution in [0.4, 0.5) is 13.2 Å². The maximum Gasteiger partial charge on any atom is 0.134 e. The van der Waals surface area contributed by atoms with Gasteiger partial charge in [-0.3, -0.25) is 0 Å². The maximum atomic E-state index is 14.3. The molecular formula is C21H24ClF3O. The third-order valence-electron chi connectivity index (χ3n) is 4.22. The van der Waals surface area contributed by atoms with Crippen LogP contribution in [0.25, 0.3) is 11.1 Å². The summed E-state index contributed by atoms with van der Waals surface area (Å²) in [5, 5.41) is 0. The van der Waals surface area contributed by atoms with Gasteiger partial charge in [-0.15, -0.1) is 11.6 Å². The van der Waals surface area contributed by atoms with Crippen molar-refractivity contribution in [2.45, 2.75) is 44.9 Å². The average molecular weight is 385 g/mol. The molecule has 0 bridgehead atoms. The zero-order chi connectivity index (χ0) is 18.8. The second-order valence-electron chi connectivity index (χ2n) is 6.22. The normalized spacial score (nSPS) is 10.9. The number of unbranched alkanes of at least 4 members (excludes halogenated alkanes) is 6. The van der Waals surface area contributed by atoms with Gasteiger partial charge in [0.15, 0.2) is 0 Å². The van der Waals surface area contributed by atoms with Crippen molar-refractivity contribution < 1.29 is 17.9 Å². The number of alkyl halides is 1. The summed E-state index contributed by atoms with van der Waals surface area (Å²) in [6.45, 7) is 0.383. The van der Waals surface area contributed by atoms with E-state index in [0.717, 1.165) is 50.7 Å². The van der Waals surface area contributed by atoms with E-state index in [0.29, 0.717) is 12.5 Å². The molecule has 142 valence electrons. The first-order valence-corrected chi connectivity index (χ1v) is 9.60. The molecule has 2 rings (SSSR count). The molecular weight excluding hydrogens is 361 g/mol. The van der Waals surface area contributed by atoms with Gasteiger partial charge in [-0.05, 0) is 37.1 Å². The SMILES string of the molecule is Fc1cccc(F)c1-c1c(F)cccc1OCCCCCCCCCCl. The Hall–Kier alpha value is -1.68. The fourth-order valence-corrected chi connectivity index (χ4v) is 3.06. The largest absolute Gasteiger partial charge is 0.493 e. The van der Waals surface area contributed by atoms with Crippen molar-refractivity contribution in [3.63, 3.8) is 0 Å². The van der Waals surface area contributed by atoms with Crippen LogP contribution in [0.1, 0.15) is 44.9 Å². The Morgan fingerprint density at radius 1 is 0.654 bits per heavy atom. The van der Waals surface area contributed by atoms with Crippen LogP contribution in [-0.2, 0) is 0 Å². The molecule has 0 N–H and O–H groups in total. The highest BCUT2D eigenvalue weighted by atomic mass is 35.5. The molecule has 0 atom stereocenters. The molecule has 0 saturated carbocycles. The Kier molecular flexibility index (Phi) is 8.82. The van der Waals surface area contributed by atoms with Crippen molar-refractivity contribution in [3.05, 3.63) is 53.8 Å². The van der Waals surface area contributed by atoms with Crippen LogP contribution in [0, 0.1) is 17.5 Å². The van der Waals surface area contributed by atoms with Crippen LogP contribution in [0.2, 0.25) is 0 Å². The molecule has 0 saturated heterocycles. The molecule has 0 aliphatic rings. The molecule has 0 aromatic heterocycles. The number of hydrogen-bond acceptors (Lipinski definition) is 1. The predicted octanol–water partition coefficient (Wildman–Crippen LogP) is 7.12. The lowest BCUT2D eigenvalue weighted by molar-refractivity contribution is 0.304. The van der Waals surface area contributed by atoms with Crippen molar-refractivity contribution in [2.24, 2.45) is 0 Å². The molecule has 0 amide bonds. The van der Waals surface area contributed by atoms with Crippen LogP contribution in [0.15, 0.2) is 36.4 Å². The van der Waals surface area contributed by atoms with Gasteiger partial charge in [0.2, 0.25) is 0 Å². The summed E-state index contributed by atoms with van der Waals surface area (Å²) in [4.78, 5) is 0. The van der Waals surface area contributed by atoms with E-state index in [9.17, 15) is 13.2 Å². The number of hydrogen-bond donors (Lipinski definition) is 0. The van der Waals surface area contributed by atoms with Crippen LogP contribution in [-0.4, -0.2) is 12.5 Å². The summed E-state index contributed by atoms with van der Waals surface area (Å²) in [6.07, 6.45) is 7.45. The van der Waals surface area contributed by atoms with Crippen LogP contribution >= 0.6 is 11.6 Å². The molecule has 0 unspecified atom stereocenters. The number of ether oxygens (including phenoxy) is 1. The second kappa shape index (κ2) is 11.1. The van der Waals surface area contributed by atoms with E-state index in [2.05, 4.69) is 0 Å². The van der Waals surface area contributed by atoms with Crippen molar-refractivity contribution in [1.29, 1.82) is 0 Å². The highest BCUT2D eigenvalue weighted by Gasteiger charge is 2.19. The molecule has 0 heterocycles. The van der Waals surface area contributed by atoms with Gasteiger partial charge in [-0.2, -0.15) is 0 Å². The van der Waals surface area contributed by atoms with E-state index in [4.69, 9.17) is 16.3 Å². The minimum atomic E-state index is -0.808. The smallest absolute Gasteiger partial charge is 0.134 e. The van der Waals surface area contributed by atoms with Gasteiger partial charge in [0.1, 0.15) is 23.2 Å². The number of halogens is 4.